The molecule has 1 saturated heterocycles. The molecule has 1 aromatic rings. The van der Waals surface area contributed by atoms with Crippen LogP contribution < -0.4 is 10.3 Å². The lowest BCUT2D eigenvalue weighted by Gasteiger charge is -2.26. The summed E-state index contributed by atoms with van der Waals surface area (Å²) in [7, 11) is 1.51. The van der Waals surface area contributed by atoms with Gasteiger partial charge in [0.05, 0.1) is 6.61 Å². The van der Waals surface area contributed by atoms with E-state index in [4.69, 9.17) is 14.2 Å². The lowest BCUT2D eigenvalue weighted by molar-refractivity contribution is -0.0426. The van der Waals surface area contributed by atoms with Crippen molar-refractivity contribution in [1.82, 2.24) is 9.55 Å². The molecule has 0 aliphatic carbocycles. The quantitative estimate of drug-likeness (QED) is 0.756. The summed E-state index contributed by atoms with van der Waals surface area (Å²) in [6, 6.07) is 0.105. The van der Waals surface area contributed by atoms with Crippen LogP contribution in [0.1, 0.15) is 11.8 Å². The van der Waals surface area contributed by atoms with Crippen molar-refractivity contribution in [1.29, 1.82) is 0 Å². The van der Waals surface area contributed by atoms with Crippen molar-refractivity contribution in [2.45, 2.75) is 31.5 Å². The van der Waals surface area contributed by atoms with E-state index in [0.29, 0.717) is 5.56 Å². The smallest absolute Gasteiger partial charge is 0.302 e. The third-order valence-corrected chi connectivity index (χ3v) is 3.20. The van der Waals surface area contributed by atoms with Crippen LogP contribution in [0, 0.1) is 6.92 Å². The van der Waals surface area contributed by atoms with Gasteiger partial charge >= 0.3 is 6.01 Å². The third-order valence-electron chi connectivity index (χ3n) is 3.20. The molecule has 0 saturated carbocycles. The second kappa shape index (κ2) is 4.03. The number of rotatable bonds is 2. The van der Waals surface area contributed by atoms with E-state index in [-0.39, 0.29) is 18.2 Å². The molecule has 7 heteroatoms. The molecule has 2 bridgehead atoms. The first-order chi connectivity index (χ1) is 8.61. The molecule has 0 N–H and O–H groups in total. The molecule has 18 heavy (non-hydrogen) atoms. The highest BCUT2D eigenvalue weighted by Gasteiger charge is 2.52. The summed E-state index contributed by atoms with van der Waals surface area (Å²) < 4.78 is 31.4. The van der Waals surface area contributed by atoms with Crippen molar-refractivity contribution in [2.24, 2.45) is 0 Å². The highest BCUT2D eigenvalue weighted by molar-refractivity contribution is 5.14. The van der Waals surface area contributed by atoms with Gasteiger partial charge in [-0.3, -0.25) is 9.36 Å². The maximum Gasteiger partial charge on any atom is 0.302 e. The number of methoxy groups -OCH3 is 1. The molecule has 0 amide bonds. The minimum Gasteiger partial charge on any atom is -0.455 e. The van der Waals surface area contributed by atoms with Crippen LogP contribution in [0.15, 0.2) is 11.0 Å². The average Bonchev–Trinajstić information content (AvgIpc) is 2.54. The third kappa shape index (κ3) is 1.54. The normalized spacial score (nSPS) is 33.1. The van der Waals surface area contributed by atoms with E-state index in [9.17, 15) is 9.18 Å². The van der Waals surface area contributed by atoms with Crippen LogP contribution in [0.3, 0.4) is 0 Å². The van der Waals surface area contributed by atoms with Crippen LogP contribution in [0.25, 0.3) is 0 Å². The largest absolute Gasteiger partial charge is 0.455 e. The first-order valence-corrected chi connectivity index (χ1v) is 5.66. The monoisotopic (exact) mass is 256 g/mol. The molecule has 2 unspecified atom stereocenters. The second-order valence-electron chi connectivity index (χ2n) is 4.47. The number of fused-ring (bicyclic) bond motifs is 4. The van der Waals surface area contributed by atoms with Gasteiger partial charge in [0.15, 0.2) is 18.5 Å². The maximum atomic E-state index is 14.1. The van der Waals surface area contributed by atoms with E-state index in [1.165, 1.54) is 17.9 Å². The Kier molecular flexibility index (Phi) is 2.60. The number of aryl methyl sites for hydroxylation is 1. The lowest BCUT2D eigenvalue weighted by Crippen LogP contribution is -2.41. The molecular formula is C11H13FN2O4. The van der Waals surface area contributed by atoms with Gasteiger partial charge in [0, 0.05) is 18.9 Å². The summed E-state index contributed by atoms with van der Waals surface area (Å²) in [5.74, 6) is 0. The zero-order valence-electron chi connectivity index (χ0n) is 10.00. The van der Waals surface area contributed by atoms with Gasteiger partial charge in [-0.25, -0.2) is 4.39 Å². The van der Waals surface area contributed by atoms with Crippen molar-refractivity contribution in [3.63, 3.8) is 0 Å². The Balaban J connectivity index is 2.02. The molecule has 3 rings (SSSR count). The molecule has 3 heterocycles. The van der Waals surface area contributed by atoms with Crippen molar-refractivity contribution >= 4 is 0 Å². The molecule has 4 atom stereocenters. The Morgan fingerprint density at radius 1 is 1.61 bits per heavy atom. The Morgan fingerprint density at radius 2 is 2.39 bits per heavy atom. The van der Waals surface area contributed by atoms with Gasteiger partial charge in [0.25, 0.3) is 5.56 Å². The highest BCUT2D eigenvalue weighted by Crippen LogP contribution is 2.39. The maximum absolute atomic E-state index is 14.1. The second-order valence-corrected chi connectivity index (χ2v) is 4.47. The minimum atomic E-state index is -1.29. The van der Waals surface area contributed by atoms with Crippen LogP contribution >= 0.6 is 0 Å². The van der Waals surface area contributed by atoms with Crippen LogP contribution in [-0.2, 0) is 9.47 Å². The Bertz CT molecular complexity index is 532. The van der Waals surface area contributed by atoms with Gasteiger partial charge in [-0.1, -0.05) is 0 Å². The first kappa shape index (κ1) is 11.6. The van der Waals surface area contributed by atoms with Gasteiger partial charge in [-0.05, 0) is 6.92 Å². The summed E-state index contributed by atoms with van der Waals surface area (Å²) in [6.07, 6.45) is -1.85. The number of halogens is 1. The highest BCUT2D eigenvalue weighted by atomic mass is 19.1. The number of aromatic nitrogens is 2. The zero-order chi connectivity index (χ0) is 12.9. The van der Waals surface area contributed by atoms with Gasteiger partial charge in [-0.2, -0.15) is 4.98 Å². The summed E-state index contributed by atoms with van der Waals surface area (Å²) in [4.78, 5) is 15.2. The van der Waals surface area contributed by atoms with Crippen LogP contribution in [0.4, 0.5) is 4.39 Å². The molecule has 1 aromatic heterocycles. The van der Waals surface area contributed by atoms with Crippen LogP contribution in [-0.4, -0.2) is 41.6 Å². The van der Waals surface area contributed by atoms with Gasteiger partial charge in [0.1, 0.15) is 6.10 Å². The lowest BCUT2D eigenvalue weighted by atomic mass is 10.1. The number of ether oxygens (including phenoxy) is 3. The number of alkyl halides is 1. The Hall–Kier alpha value is -1.47. The van der Waals surface area contributed by atoms with Crippen LogP contribution in [0.5, 0.6) is 6.01 Å². The Morgan fingerprint density at radius 3 is 3.11 bits per heavy atom. The fraction of sp³-hybridized carbons (Fsp3) is 0.636. The molecule has 1 fully saturated rings. The van der Waals surface area contributed by atoms with Gasteiger partial charge in [0.2, 0.25) is 0 Å². The van der Waals surface area contributed by atoms with Crippen LogP contribution in [0.2, 0.25) is 0 Å². The molecule has 2 aliphatic heterocycles. The number of nitrogens with zero attached hydrogens (tertiary/aromatic N) is 2. The van der Waals surface area contributed by atoms with E-state index in [0.717, 1.165) is 0 Å². The predicted octanol–water partition coefficient (Wildman–Crippen LogP) is 0.195. The molecule has 0 aromatic carbocycles. The molecule has 0 radical (unpaired) electrons. The summed E-state index contributed by atoms with van der Waals surface area (Å²) in [5, 5.41) is 0. The van der Waals surface area contributed by atoms with Gasteiger partial charge < -0.3 is 14.2 Å². The topological polar surface area (TPSA) is 62.6 Å². The van der Waals surface area contributed by atoms with Gasteiger partial charge in [-0.15, -0.1) is 0 Å². The number of hydrogen-bond acceptors (Lipinski definition) is 5. The van der Waals surface area contributed by atoms with Crippen molar-refractivity contribution in [3.05, 3.63) is 22.1 Å². The summed E-state index contributed by atoms with van der Waals surface area (Å²) >= 11 is 0. The minimum absolute atomic E-state index is 0.105. The molecule has 2 aliphatic rings. The fourth-order valence-electron chi connectivity index (χ4n) is 2.30. The Labute approximate surface area is 102 Å². The zero-order valence-corrected chi connectivity index (χ0v) is 10.00. The van der Waals surface area contributed by atoms with E-state index < -0.39 is 24.6 Å². The predicted molar refractivity (Wildman–Crippen MR) is 58.3 cm³/mol. The molecule has 0 spiro atoms. The molecule has 6 nitrogen and oxygen atoms in total. The fourth-order valence-corrected chi connectivity index (χ4v) is 2.30. The van der Waals surface area contributed by atoms with E-state index in [1.54, 1.807) is 6.92 Å². The summed E-state index contributed by atoms with van der Waals surface area (Å²) in [5.41, 5.74) is 0.0491. The van der Waals surface area contributed by atoms with E-state index >= 15 is 0 Å². The molecular weight excluding hydrogens is 243 g/mol. The average molecular weight is 256 g/mol. The van der Waals surface area contributed by atoms with E-state index in [1.807, 2.05) is 0 Å². The van der Waals surface area contributed by atoms with E-state index in [2.05, 4.69) is 4.98 Å². The first-order valence-electron chi connectivity index (χ1n) is 5.66. The number of hydrogen-bond donors (Lipinski definition) is 0. The van der Waals surface area contributed by atoms with Crippen molar-refractivity contribution in [3.8, 4) is 6.01 Å². The molecule has 98 valence electrons. The van der Waals surface area contributed by atoms with Crippen molar-refractivity contribution in [2.75, 3.05) is 13.7 Å². The summed E-state index contributed by atoms with van der Waals surface area (Å²) in [6.45, 7) is 1.85. The SMILES string of the molecule is COC[C@H]1O[C@H]2C(F)C1Oc1nc(=O)c(C)cn12. The van der Waals surface area contributed by atoms with Crippen molar-refractivity contribution < 1.29 is 18.6 Å². The standard InChI is InChI=1S/C11H13FN2O4/c1-5-3-14-10-7(12)8(6(17-10)4-16-2)18-11(14)13-9(5)15/h3,6-8,10H,4H2,1-2H3/t6-,7?,8?,10+/m1/s1.